The summed E-state index contributed by atoms with van der Waals surface area (Å²) in [5, 5.41) is 9.77. The quantitative estimate of drug-likeness (QED) is 0.676. The van der Waals surface area contributed by atoms with Crippen LogP contribution in [-0.2, 0) is 27.9 Å². The number of amides is 1. The number of aryl methyl sites for hydroxylation is 2. The Balaban J connectivity index is 1.58. The van der Waals surface area contributed by atoms with Crippen LogP contribution in [0, 0.1) is 24.5 Å². The topological polar surface area (TPSA) is 100 Å². The molecule has 1 amide bonds. The van der Waals surface area contributed by atoms with E-state index in [4.69, 9.17) is 12.2 Å². The minimum Gasteiger partial charge on any atom is -0.349 e. The molecule has 1 aromatic carbocycles. The van der Waals surface area contributed by atoms with Gasteiger partial charge in [-0.25, -0.2) is 8.42 Å². The molecule has 3 rings (SSSR count). The van der Waals surface area contributed by atoms with Crippen LogP contribution in [0.25, 0.3) is 0 Å². The maximum Gasteiger partial charge on any atom is 0.243 e. The molecule has 1 aliphatic heterocycles. The molecule has 0 saturated carbocycles. The van der Waals surface area contributed by atoms with Gasteiger partial charge in [0.05, 0.1) is 11.4 Å². The maximum atomic E-state index is 12.9. The third-order valence-corrected chi connectivity index (χ3v) is 7.72. The van der Waals surface area contributed by atoms with E-state index in [1.54, 1.807) is 12.1 Å². The Morgan fingerprint density at radius 3 is 2.59 bits per heavy atom. The number of benzene rings is 1. The normalized spacial score (nSPS) is 16.1. The van der Waals surface area contributed by atoms with Gasteiger partial charge in [-0.1, -0.05) is 6.07 Å². The van der Waals surface area contributed by atoms with E-state index in [0.717, 1.165) is 11.1 Å². The van der Waals surface area contributed by atoms with Crippen molar-refractivity contribution in [3.05, 3.63) is 39.9 Å². The number of sulfonamides is 1. The maximum absolute atomic E-state index is 12.9. The lowest BCUT2D eigenvalue weighted by Crippen LogP contribution is -2.43. The average Bonchev–Trinajstić information content (AvgIpc) is 3.07. The number of hydrogen-bond donors (Lipinski definition) is 2. The predicted molar refractivity (Wildman–Crippen MR) is 112 cm³/mol. The number of nitrogens with zero attached hydrogens (tertiary/aromatic N) is 3. The Hall–Kier alpha value is -2.04. The number of rotatable bonds is 6. The van der Waals surface area contributed by atoms with E-state index in [1.807, 2.05) is 31.4 Å². The van der Waals surface area contributed by atoms with Crippen LogP contribution in [0.15, 0.2) is 23.1 Å². The van der Waals surface area contributed by atoms with Gasteiger partial charge in [-0.05, 0) is 69.1 Å². The number of aromatic amines is 1. The van der Waals surface area contributed by atoms with Crippen LogP contribution in [0.4, 0.5) is 0 Å². The van der Waals surface area contributed by atoms with Crippen molar-refractivity contribution >= 4 is 28.1 Å². The van der Waals surface area contributed by atoms with Gasteiger partial charge in [0.15, 0.2) is 10.6 Å². The van der Waals surface area contributed by atoms with Crippen LogP contribution in [0.1, 0.15) is 36.7 Å². The molecule has 10 heteroatoms. The number of carbonyl (C=O) groups is 1. The lowest BCUT2D eigenvalue weighted by molar-refractivity contribution is -0.126. The monoisotopic (exact) mass is 437 g/mol. The first-order valence-corrected chi connectivity index (χ1v) is 11.6. The molecule has 1 aliphatic rings. The van der Waals surface area contributed by atoms with Crippen LogP contribution >= 0.6 is 12.2 Å². The first kappa shape index (κ1) is 21.7. The summed E-state index contributed by atoms with van der Waals surface area (Å²) in [6.45, 7) is 7.46. The highest BCUT2D eigenvalue weighted by Gasteiger charge is 2.32. The van der Waals surface area contributed by atoms with E-state index in [9.17, 15) is 13.2 Å². The molecule has 2 N–H and O–H groups in total. The zero-order chi connectivity index (χ0) is 21.2. The summed E-state index contributed by atoms with van der Waals surface area (Å²) in [4.78, 5) is 12.8. The van der Waals surface area contributed by atoms with Gasteiger partial charge in [0.1, 0.15) is 0 Å². The fraction of sp³-hybridized carbons (Fsp3) is 0.526. The molecule has 1 fully saturated rings. The average molecular weight is 438 g/mol. The summed E-state index contributed by atoms with van der Waals surface area (Å²) in [5.41, 5.74) is 2.01. The molecular weight excluding hydrogens is 410 g/mol. The third kappa shape index (κ3) is 4.59. The van der Waals surface area contributed by atoms with Crippen LogP contribution in [0.3, 0.4) is 0 Å². The van der Waals surface area contributed by atoms with Crippen molar-refractivity contribution in [2.45, 2.75) is 51.6 Å². The van der Waals surface area contributed by atoms with E-state index >= 15 is 0 Å². The summed E-state index contributed by atoms with van der Waals surface area (Å²) in [5.74, 6) is 0.392. The van der Waals surface area contributed by atoms with E-state index in [0.29, 0.717) is 54.5 Å². The predicted octanol–water partition coefficient (Wildman–Crippen LogP) is 2.29. The number of nitrogens with one attached hydrogen (secondary N) is 2. The smallest absolute Gasteiger partial charge is 0.243 e. The zero-order valence-electron chi connectivity index (χ0n) is 16.9. The number of aromatic nitrogens is 3. The molecule has 8 nitrogen and oxygen atoms in total. The molecule has 158 valence electrons. The Morgan fingerprint density at radius 2 is 1.97 bits per heavy atom. The number of piperidine rings is 1. The van der Waals surface area contributed by atoms with E-state index in [1.165, 1.54) is 4.31 Å². The van der Waals surface area contributed by atoms with Crippen LogP contribution in [0.5, 0.6) is 0 Å². The third-order valence-electron chi connectivity index (χ3n) is 5.52. The highest BCUT2D eigenvalue weighted by molar-refractivity contribution is 7.89. The molecule has 1 aromatic heterocycles. The fourth-order valence-electron chi connectivity index (χ4n) is 3.50. The zero-order valence-corrected chi connectivity index (χ0v) is 18.6. The summed E-state index contributed by atoms with van der Waals surface area (Å²) in [6.07, 6.45) is 0.993. The van der Waals surface area contributed by atoms with E-state index in [2.05, 4.69) is 15.5 Å². The van der Waals surface area contributed by atoms with Crippen molar-refractivity contribution < 1.29 is 13.2 Å². The summed E-state index contributed by atoms with van der Waals surface area (Å²) < 4.78 is 29.7. The summed E-state index contributed by atoms with van der Waals surface area (Å²) >= 11 is 5.15. The number of hydrogen-bond acceptors (Lipinski definition) is 5. The lowest BCUT2D eigenvalue weighted by Gasteiger charge is -2.30. The van der Waals surface area contributed by atoms with Gasteiger partial charge >= 0.3 is 0 Å². The van der Waals surface area contributed by atoms with Gasteiger partial charge in [-0.3, -0.25) is 9.89 Å². The molecule has 0 unspecified atom stereocenters. The Bertz CT molecular complexity index is 1050. The van der Waals surface area contributed by atoms with Crippen LogP contribution in [-0.4, -0.2) is 46.5 Å². The Morgan fingerprint density at radius 1 is 1.28 bits per heavy atom. The van der Waals surface area contributed by atoms with Crippen molar-refractivity contribution in [3.63, 3.8) is 0 Å². The Labute approximate surface area is 176 Å². The standard InChI is InChI=1S/C19H27N5O3S2/c1-4-24-17(21-22-19(24)28)12-20-18(25)15-7-9-23(10-8-15)29(26,27)16-6-5-13(2)14(3)11-16/h5-6,11,15H,4,7-10,12H2,1-3H3,(H,20,25)(H,22,28). The minimum absolute atomic E-state index is 0.0789. The largest absolute Gasteiger partial charge is 0.349 e. The molecular formula is C19H27N5O3S2. The molecule has 0 aliphatic carbocycles. The van der Waals surface area contributed by atoms with Crippen molar-refractivity contribution in [2.75, 3.05) is 13.1 Å². The lowest BCUT2D eigenvalue weighted by atomic mass is 9.97. The molecule has 2 heterocycles. The van der Waals surface area contributed by atoms with Crippen molar-refractivity contribution in [1.82, 2.24) is 24.4 Å². The van der Waals surface area contributed by atoms with Gasteiger partial charge < -0.3 is 9.88 Å². The Kier molecular flexibility index (Phi) is 6.55. The highest BCUT2D eigenvalue weighted by Crippen LogP contribution is 2.25. The van der Waals surface area contributed by atoms with Crippen LogP contribution in [0.2, 0.25) is 0 Å². The molecule has 0 atom stereocenters. The molecule has 0 radical (unpaired) electrons. The fourth-order valence-corrected chi connectivity index (χ4v) is 5.34. The first-order chi connectivity index (χ1) is 13.7. The van der Waals surface area contributed by atoms with Gasteiger partial charge in [0.25, 0.3) is 0 Å². The first-order valence-electron chi connectivity index (χ1n) is 9.73. The summed E-state index contributed by atoms with van der Waals surface area (Å²) in [7, 11) is -3.54. The van der Waals surface area contributed by atoms with Gasteiger partial charge in [-0.2, -0.15) is 9.40 Å². The van der Waals surface area contributed by atoms with Crippen molar-refractivity contribution in [2.24, 2.45) is 5.92 Å². The second-order valence-electron chi connectivity index (χ2n) is 7.33. The second-order valence-corrected chi connectivity index (χ2v) is 9.66. The molecule has 2 aromatic rings. The molecule has 1 saturated heterocycles. The van der Waals surface area contributed by atoms with Gasteiger partial charge in [0, 0.05) is 25.6 Å². The van der Waals surface area contributed by atoms with Crippen LogP contribution < -0.4 is 5.32 Å². The van der Waals surface area contributed by atoms with E-state index in [-0.39, 0.29) is 11.8 Å². The number of H-pyrrole nitrogens is 1. The highest BCUT2D eigenvalue weighted by atomic mass is 32.2. The number of carbonyl (C=O) groups excluding carboxylic acids is 1. The van der Waals surface area contributed by atoms with E-state index < -0.39 is 10.0 Å². The van der Waals surface area contributed by atoms with Crippen molar-refractivity contribution in [3.8, 4) is 0 Å². The SMILES string of the molecule is CCn1c(CNC(=O)C2CCN(S(=O)(=O)c3ccc(C)c(C)c3)CC2)n[nH]c1=S. The molecule has 0 spiro atoms. The molecule has 0 bridgehead atoms. The van der Waals surface area contributed by atoms with Gasteiger partial charge in [0.2, 0.25) is 15.9 Å². The summed E-state index contributed by atoms with van der Waals surface area (Å²) in [6, 6.07) is 5.19. The van der Waals surface area contributed by atoms with Crippen molar-refractivity contribution in [1.29, 1.82) is 0 Å². The van der Waals surface area contributed by atoms with Gasteiger partial charge in [-0.15, -0.1) is 0 Å². The minimum atomic E-state index is -3.54. The molecule has 29 heavy (non-hydrogen) atoms. The second kappa shape index (κ2) is 8.76.